The van der Waals surface area contributed by atoms with Crippen LogP contribution in [0.1, 0.15) is 17.0 Å². The van der Waals surface area contributed by atoms with Gasteiger partial charge in [0, 0.05) is 17.6 Å². The lowest BCUT2D eigenvalue weighted by molar-refractivity contribution is 0.470. The van der Waals surface area contributed by atoms with Crippen LogP contribution in [0.2, 0.25) is 5.02 Å². The number of halogens is 2. The molecule has 5 heteroatoms. The molecule has 3 nitrogen and oxygen atoms in total. The van der Waals surface area contributed by atoms with E-state index in [1.54, 1.807) is 16.8 Å². The average molecular weight is 285 g/mol. The maximum atomic E-state index is 5.98. The largest absolute Gasteiger partial charge is 0.453 e. The summed E-state index contributed by atoms with van der Waals surface area (Å²) in [6.07, 6.45) is 0. The molecule has 0 saturated carbocycles. The lowest BCUT2D eigenvalue weighted by Crippen LogP contribution is -1.94. The summed E-state index contributed by atoms with van der Waals surface area (Å²) in [6, 6.07) is 5.44. The molecule has 2 aromatic rings. The number of aryl methyl sites for hydroxylation is 2. The van der Waals surface area contributed by atoms with E-state index in [9.17, 15) is 0 Å². The zero-order valence-corrected chi connectivity index (χ0v) is 12.0. The van der Waals surface area contributed by atoms with Gasteiger partial charge in [-0.1, -0.05) is 17.7 Å². The van der Waals surface area contributed by atoms with Crippen LogP contribution in [0.3, 0.4) is 0 Å². The maximum absolute atomic E-state index is 5.98. The monoisotopic (exact) mass is 284 g/mol. The lowest BCUT2D eigenvalue weighted by atomic mass is 10.2. The normalized spacial score (nSPS) is 10.7. The minimum atomic E-state index is 0.380. The van der Waals surface area contributed by atoms with Gasteiger partial charge in [-0.25, -0.2) is 0 Å². The SMILES string of the molecule is Cc1nn(C)c(C)c1Oc1cc(Cl)ccc1CCl. The Bertz CT molecular complexity index is 579. The van der Waals surface area contributed by atoms with Crippen molar-refractivity contribution in [1.82, 2.24) is 9.78 Å². The molecule has 96 valence electrons. The number of hydrogen-bond acceptors (Lipinski definition) is 2. The minimum absolute atomic E-state index is 0.380. The Balaban J connectivity index is 2.42. The van der Waals surface area contributed by atoms with Crippen LogP contribution in [0, 0.1) is 13.8 Å². The molecule has 0 aliphatic heterocycles. The van der Waals surface area contributed by atoms with Crippen LogP contribution in [-0.4, -0.2) is 9.78 Å². The Morgan fingerprint density at radius 3 is 2.61 bits per heavy atom. The van der Waals surface area contributed by atoms with E-state index in [2.05, 4.69) is 5.10 Å². The van der Waals surface area contributed by atoms with Gasteiger partial charge < -0.3 is 4.74 Å². The number of hydrogen-bond donors (Lipinski definition) is 0. The zero-order valence-electron chi connectivity index (χ0n) is 10.5. The van der Waals surface area contributed by atoms with E-state index in [4.69, 9.17) is 27.9 Å². The van der Waals surface area contributed by atoms with Gasteiger partial charge in [-0.05, 0) is 26.0 Å². The van der Waals surface area contributed by atoms with Crippen LogP contribution < -0.4 is 4.74 Å². The van der Waals surface area contributed by atoms with Gasteiger partial charge in [-0.15, -0.1) is 11.6 Å². The van der Waals surface area contributed by atoms with Crippen LogP contribution in [0.25, 0.3) is 0 Å². The Kier molecular flexibility index (Phi) is 3.83. The van der Waals surface area contributed by atoms with E-state index in [-0.39, 0.29) is 0 Å². The molecule has 0 saturated heterocycles. The molecule has 18 heavy (non-hydrogen) atoms. The molecule has 0 aliphatic rings. The first-order valence-corrected chi connectivity index (χ1v) is 6.46. The van der Waals surface area contributed by atoms with E-state index in [1.807, 2.05) is 27.0 Å². The summed E-state index contributed by atoms with van der Waals surface area (Å²) in [5, 5.41) is 4.93. The quantitative estimate of drug-likeness (QED) is 0.789. The third-order valence-electron chi connectivity index (χ3n) is 2.83. The summed E-state index contributed by atoms with van der Waals surface area (Å²) in [5.41, 5.74) is 2.72. The highest BCUT2D eigenvalue weighted by molar-refractivity contribution is 6.30. The molecule has 0 fully saturated rings. The molecule has 0 radical (unpaired) electrons. The van der Waals surface area contributed by atoms with Crippen molar-refractivity contribution in [2.75, 3.05) is 0 Å². The van der Waals surface area contributed by atoms with Crippen molar-refractivity contribution < 1.29 is 4.74 Å². The van der Waals surface area contributed by atoms with Gasteiger partial charge in [0.05, 0.1) is 11.6 Å². The van der Waals surface area contributed by atoms with Gasteiger partial charge in [0.2, 0.25) is 0 Å². The average Bonchev–Trinajstić information content (AvgIpc) is 2.56. The number of aromatic nitrogens is 2. The number of ether oxygens (including phenoxy) is 1. The molecule has 1 heterocycles. The van der Waals surface area contributed by atoms with Gasteiger partial charge in [-0.2, -0.15) is 5.10 Å². The smallest absolute Gasteiger partial charge is 0.171 e. The van der Waals surface area contributed by atoms with E-state index in [0.29, 0.717) is 16.7 Å². The number of nitrogens with zero attached hydrogens (tertiary/aromatic N) is 2. The Morgan fingerprint density at radius 2 is 2.06 bits per heavy atom. The zero-order chi connectivity index (χ0) is 13.3. The summed E-state index contributed by atoms with van der Waals surface area (Å²) in [7, 11) is 1.88. The van der Waals surface area contributed by atoms with Crippen molar-refractivity contribution in [3.8, 4) is 11.5 Å². The highest BCUT2D eigenvalue weighted by atomic mass is 35.5. The Hall–Kier alpha value is -1.19. The van der Waals surface area contributed by atoms with Crippen molar-refractivity contribution in [3.05, 3.63) is 40.2 Å². The molecule has 1 aromatic carbocycles. The van der Waals surface area contributed by atoms with Crippen LogP contribution in [0.4, 0.5) is 0 Å². The van der Waals surface area contributed by atoms with Gasteiger partial charge in [-0.3, -0.25) is 4.68 Å². The fourth-order valence-electron chi connectivity index (χ4n) is 1.75. The predicted octanol–water partition coefficient (Wildman–Crippen LogP) is 4.22. The molecular weight excluding hydrogens is 271 g/mol. The summed E-state index contributed by atoms with van der Waals surface area (Å²) < 4.78 is 7.70. The number of rotatable bonds is 3. The van der Waals surface area contributed by atoms with E-state index < -0.39 is 0 Å². The van der Waals surface area contributed by atoms with E-state index in [0.717, 1.165) is 22.7 Å². The molecule has 0 atom stereocenters. The topological polar surface area (TPSA) is 27.1 Å². The van der Waals surface area contributed by atoms with Gasteiger partial charge in [0.15, 0.2) is 5.75 Å². The minimum Gasteiger partial charge on any atom is -0.453 e. The van der Waals surface area contributed by atoms with E-state index in [1.165, 1.54) is 0 Å². The van der Waals surface area contributed by atoms with Crippen LogP contribution in [0.5, 0.6) is 11.5 Å². The van der Waals surface area contributed by atoms with Crippen LogP contribution in [-0.2, 0) is 12.9 Å². The Labute approximate surface area is 116 Å². The summed E-state index contributed by atoms with van der Waals surface area (Å²) in [6.45, 7) is 3.87. The molecule has 0 spiro atoms. The van der Waals surface area contributed by atoms with Gasteiger partial charge in [0.25, 0.3) is 0 Å². The van der Waals surface area contributed by atoms with Crippen molar-refractivity contribution in [1.29, 1.82) is 0 Å². The fraction of sp³-hybridized carbons (Fsp3) is 0.308. The first-order valence-electron chi connectivity index (χ1n) is 5.55. The Morgan fingerprint density at radius 1 is 1.33 bits per heavy atom. The fourth-order valence-corrected chi connectivity index (χ4v) is 2.13. The summed E-state index contributed by atoms with van der Waals surface area (Å²) >= 11 is 11.9. The molecule has 0 amide bonds. The predicted molar refractivity (Wildman–Crippen MR) is 73.8 cm³/mol. The number of alkyl halides is 1. The molecule has 0 unspecified atom stereocenters. The van der Waals surface area contributed by atoms with Crippen molar-refractivity contribution >= 4 is 23.2 Å². The molecule has 2 rings (SSSR count). The first-order chi connectivity index (χ1) is 8.52. The van der Waals surface area contributed by atoms with Crippen molar-refractivity contribution in [2.45, 2.75) is 19.7 Å². The standard InChI is InChI=1S/C13H14Cl2N2O/c1-8-13(9(2)17(3)16-8)18-12-6-11(15)5-4-10(12)7-14/h4-6H,7H2,1-3H3. The van der Waals surface area contributed by atoms with Gasteiger partial charge >= 0.3 is 0 Å². The molecule has 1 aromatic heterocycles. The second-order valence-corrected chi connectivity index (χ2v) is 4.81. The van der Waals surface area contributed by atoms with Crippen molar-refractivity contribution in [3.63, 3.8) is 0 Å². The van der Waals surface area contributed by atoms with Crippen LogP contribution in [0.15, 0.2) is 18.2 Å². The summed E-state index contributed by atoms with van der Waals surface area (Å²) in [5.74, 6) is 1.81. The second-order valence-electron chi connectivity index (χ2n) is 4.11. The third kappa shape index (κ3) is 2.47. The molecule has 0 bridgehead atoms. The molecule has 0 aliphatic carbocycles. The molecular formula is C13H14Cl2N2O. The van der Waals surface area contributed by atoms with Crippen LogP contribution >= 0.6 is 23.2 Å². The maximum Gasteiger partial charge on any atom is 0.171 e. The highest BCUT2D eigenvalue weighted by Gasteiger charge is 2.13. The number of benzene rings is 1. The third-order valence-corrected chi connectivity index (χ3v) is 3.35. The van der Waals surface area contributed by atoms with Gasteiger partial charge in [0.1, 0.15) is 11.4 Å². The summed E-state index contributed by atoms with van der Waals surface area (Å²) in [4.78, 5) is 0. The van der Waals surface area contributed by atoms with Crippen molar-refractivity contribution in [2.24, 2.45) is 7.05 Å². The second kappa shape index (κ2) is 5.21. The first kappa shape index (κ1) is 13.2. The van der Waals surface area contributed by atoms with E-state index >= 15 is 0 Å². The lowest BCUT2D eigenvalue weighted by Gasteiger charge is -2.10. The highest BCUT2D eigenvalue weighted by Crippen LogP contribution is 2.32. The molecule has 0 N–H and O–H groups in total.